The second kappa shape index (κ2) is 13.2. The monoisotopic (exact) mass is 558 g/mol. The molecule has 2 atom stereocenters. The SMILES string of the molecule is CCOC(=O)C(CC(Br)=C(c1ccccc1)c1ccccc1)(CC1O[C@H](C)C[C@@H](C)O1)C(=O)OCC. The molecule has 0 aliphatic carbocycles. The van der Waals surface area contributed by atoms with Crippen LogP contribution in [0.5, 0.6) is 0 Å². The summed E-state index contributed by atoms with van der Waals surface area (Å²) in [6.45, 7) is 7.61. The zero-order chi connectivity index (χ0) is 26.1. The van der Waals surface area contributed by atoms with E-state index in [9.17, 15) is 9.59 Å². The molecule has 0 radical (unpaired) electrons. The van der Waals surface area contributed by atoms with Gasteiger partial charge in [0.05, 0.1) is 25.4 Å². The van der Waals surface area contributed by atoms with Crippen molar-refractivity contribution < 1.29 is 28.5 Å². The van der Waals surface area contributed by atoms with Gasteiger partial charge in [-0.05, 0) is 50.8 Å². The van der Waals surface area contributed by atoms with Crippen molar-refractivity contribution in [2.45, 2.75) is 65.5 Å². The van der Waals surface area contributed by atoms with Gasteiger partial charge in [-0.3, -0.25) is 9.59 Å². The fourth-order valence-corrected chi connectivity index (χ4v) is 5.49. The number of benzene rings is 2. The van der Waals surface area contributed by atoms with E-state index in [0.717, 1.165) is 23.1 Å². The molecule has 0 N–H and O–H groups in total. The lowest BCUT2D eigenvalue weighted by molar-refractivity contribution is -0.248. The van der Waals surface area contributed by atoms with Crippen LogP contribution in [0, 0.1) is 5.41 Å². The number of esters is 2. The number of carbonyl (C=O) groups excluding carboxylic acids is 2. The van der Waals surface area contributed by atoms with Crippen LogP contribution < -0.4 is 0 Å². The molecule has 6 nitrogen and oxygen atoms in total. The molecule has 2 aromatic carbocycles. The number of hydrogen-bond acceptors (Lipinski definition) is 6. The largest absolute Gasteiger partial charge is 0.465 e. The zero-order valence-corrected chi connectivity index (χ0v) is 23.0. The lowest BCUT2D eigenvalue weighted by Crippen LogP contribution is -2.48. The minimum absolute atomic E-state index is 0.0225. The Balaban J connectivity index is 2.14. The van der Waals surface area contributed by atoms with Crippen molar-refractivity contribution in [2.24, 2.45) is 5.41 Å². The highest BCUT2D eigenvalue weighted by atomic mass is 79.9. The van der Waals surface area contributed by atoms with Crippen LogP contribution in [-0.2, 0) is 28.5 Å². The minimum atomic E-state index is -1.67. The van der Waals surface area contributed by atoms with Crippen LogP contribution in [0.25, 0.3) is 5.57 Å². The van der Waals surface area contributed by atoms with Crippen LogP contribution in [0.15, 0.2) is 65.1 Å². The number of hydrogen-bond donors (Lipinski definition) is 0. The fourth-order valence-electron chi connectivity index (χ4n) is 4.56. The highest BCUT2D eigenvalue weighted by Crippen LogP contribution is 2.43. The first-order chi connectivity index (χ1) is 17.3. The fraction of sp³-hybridized carbons (Fsp3) is 0.448. The number of carbonyl (C=O) groups is 2. The van der Waals surface area contributed by atoms with E-state index >= 15 is 0 Å². The Hall–Kier alpha value is -2.48. The second-order valence-corrected chi connectivity index (χ2v) is 9.93. The maximum absolute atomic E-state index is 13.6. The molecule has 0 unspecified atom stereocenters. The van der Waals surface area contributed by atoms with Gasteiger partial charge in [-0.25, -0.2) is 0 Å². The molecule has 0 saturated carbocycles. The van der Waals surface area contributed by atoms with Gasteiger partial charge in [-0.15, -0.1) is 0 Å². The van der Waals surface area contributed by atoms with E-state index in [0.29, 0.717) is 4.48 Å². The molecule has 194 valence electrons. The molecular formula is C29H35BrO6. The summed E-state index contributed by atoms with van der Waals surface area (Å²) in [6.07, 6.45) is -0.151. The van der Waals surface area contributed by atoms with E-state index in [1.165, 1.54) is 0 Å². The topological polar surface area (TPSA) is 71.1 Å². The molecule has 1 fully saturated rings. The van der Waals surface area contributed by atoms with E-state index in [1.807, 2.05) is 74.5 Å². The standard InChI is InChI=1S/C29H35BrO6/c1-5-33-27(31)29(28(32)34-6-2,19-25-35-20(3)17-21(4)36-25)18-24(30)26(22-13-9-7-10-14-22)23-15-11-8-12-16-23/h7-16,20-21,25H,5-6,17-19H2,1-4H3/t20-,21-/m1/s1. The number of allylic oxidation sites excluding steroid dienone is 1. The first-order valence-electron chi connectivity index (χ1n) is 12.5. The highest BCUT2D eigenvalue weighted by molar-refractivity contribution is 9.11. The average Bonchev–Trinajstić information content (AvgIpc) is 2.84. The third kappa shape index (κ3) is 6.84. The molecule has 0 spiro atoms. The third-order valence-electron chi connectivity index (χ3n) is 6.13. The Morgan fingerprint density at radius 3 is 1.72 bits per heavy atom. The Bertz CT molecular complexity index is 967. The van der Waals surface area contributed by atoms with Crippen LogP contribution in [0.1, 0.15) is 58.1 Å². The Morgan fingerprint density at radius 1 is 0.861 bits per heavy atom. The van der Waals surface area contributed by atoms with Gasteiger partial charge in [-0.1, -0.05) is 76.6 Å². The summed E-state index contributed by atoms with van der Waals surface area (Å²) in [4.78, 5) is 27.1. The van der Waals surface area contributed by atoms with Gasteiger partial charge in [0.15, 0.2) is 11.7 Å². The van der Waals surface area contributed by atoms with E-state index < -0.39 is 23.6 Å². The number of halogens is 1. The Kier molecular flexibility index (Phi) is 10.3. The summed E-state index contributed by atoms with van der Waals surface area (Å²) in [5.74, 6) is -1.31. The van der Waals surface area contributed by atoms with Crippen LogP contribution in [-0.4, -0.2) is 43.7 Å². The third-order valence-corrected chi connectivity index (χ3v) is 6.81. The van der Waals surface area contributed by atoms with Crippen LogP contribution >= 0.6 is 15.9 Å². The molecule has 2 aromatic rings. The predicted molar refractivity (Wildman–Crippen MR) is 142 cm³/mol. The van der Waals surface area contributed by atoms with E-state index in [4.69, 9.17) is 18.9 Å². The molecule has 1 saturated heterocycles. The first-order valence-corrected chi connectivity index (χ1v) is 13.2. The molecule has 0 amide bonds. The highest BCUT2D eigenvalue weighted by Gasteiger charge is 2.52. The van der Waals surface area contributed by atoms with Gasteiger partial charge in [0.1, 0.15) is 0 Å². The van der Waals surface area contributed by atoms with Crippen molar-refractivity contribution in [2.75, 3.05) is 13.2 Å². The Morgan fingerprint density at radius 2 is 1.31 bits per heavy atom. The molecule has 1 aliphatic rings. The van der Waals surface area contributed by atoms with Gasteiger partial charge in [0.2, 0.25) is 0 Å². The van der Waals surface area contributed by atoms with Crippen molar-refractivity contribution in [3.8, 4) is 0 Å². The summed E-state index contributed by atoms with van der Waals surface area (Å²) >= 11 is 3.76. The second-order valence-electron chi connectivity index (χ2n) is 8.97. The van der Waals surface area contributed by atoms with E-state index in [-0.39, 0.29) is 38.3 Å². The zero-order valence-electron chi connectivity index (χ0n) is 21.4. The average molecular weight is 559 g/mol. The van der Waals surface area contributed by atoms with Gasteiger partial charge in [0.25, 0.3) is 0 Å². The summed E-state index contributed by atoms with van der Waals surface area (Å²) in [6, 6.07) is 19.7. The lowest BCUT2D eigenvalue weighted by Gasteiger charge is -2.38. The van der Waals surface area contributed by atoms with E-state index in [2.05, 4.69) is 15.9 Å². The summed E-state index contributed by atoms with van der Waals surface area (Å²) < 4.78 is 23.6. The molecule has 7 heteroatoms. The van der Waals surface area contributed by atoms with Crippen molar-refractivity contribution in [3.05, 3.63) is 76.3 Å². The molecule has 36 heavy (non-hydrogen) atoms. The number of ether oxygens (including phenoxy) is 4. The first kappa shape index (κ1) is 28.1. The summed E-state index contributed by atoms with van der Waals surface area (Å²) in [7, 11) is 0. The quantitative estimate of drug-likeness (QED) is 0.252. The molecule has 0 aromatic heterocycles. The predicted octanol–water partition coefficient (Wildman–Crippen LogP) is 6.27. The van der Waals surface area contributed by atoms with Gasteiger partial charge in [0, 0.05) is 17.3 Å². The van der Waals surface area contributed by atoms with Crippen molar-refractivity contribution in [1.29, 1.82) is 0 Å². The van der Waals surface area contributed by atoms with Crippen LogP contribution in [0.4, 0.5) is 0 Å². The summed E-state index contributed by atoms with van der Waals surface area (Å²) in [5, 5.41) is 0. The molecule has 1 heterocycles. The maximum Gasteiger partial charge on any atom is 0.324 e. The van der Waals surface area contributed by atoms with Crippen LogP contribution in [0.3, 0.4) is 0 Å². The maximum atomic E-state index is 13.6. The molecular weight excluding hydrogens is 524 g/mol. The van der Waals surface area contributed by atoms with Gasteiger partial charge in [-0.2, -0.15) is 0 Å². The Labute approximate surface area is 222 Å². The normalized spacial score (nSPS) is 19.9. The smallest absolute Gasteiger partial charge is 0.324 e. The summed E-state index contributed by atoms with van der Waals surface area (Å²) in [5.41, 5.74) is 1.11. The molecule has 1 aliphatic heterocycles. The van der Waals surface area contributed by atoms with Crippen molar-refractivity contribution in [3.63, 3.8) is 0 Å². The van der Waals surface area contributed by atoms with Gasteiger partial charge < -0.3 is 18.9 Å². The number of rotatable bonds is 10. The minimum Gasteiger partial charge on any atom is -0.465 e. The van der Waals surface area contributed by atoms with Crippen molar-refractivity contribution in [1.82, 2.24) is 0 Å². The van der Waals surface area contributed by atoms with Gasteiger partial charge >= 0.3 is 11.9 Å². The molecule has 3 rings (SSSR count). The lowest BCUT2D eigenvalue weighted by atomic mass is 9.79. The van der Waals surface area contributed by atoms with Crippen molar-refractivity contribution >= 4 is 33.4 Å². The van der Waals surface area contributed by atoms with Crippen LogP contribution in [0.2, 0.25) is 0 Å². The molecule has 0 bridgehead atoms. The van der Waals surface area contributed by atoms with E-state index in [1.54, 1.807) is 13.8 Å².